The molecule has 0 aromatic rings. The van der Waals surface area contributed by atoms with Gasteiger partial charge >= 0.3 is 51.4 Å². The number of hydroxylamine groups is 1. The molecule has 6 heteroatoms. The molecule has 40 valence electrons. The monoisotopic (exact) mass is 150 g/mol. The fourth-order valence-corrected chi connectivity index (χ4v) is 0.204. The number of hydrogen-bond donors (Lipinski definition) is 1. The third kappa shape index (κ3) is 11.3. The Bertz CT molecular complexity index is 63.2. The Kier molecular flexibility index (Phi) is 12.6. The number of rotatable bonds is 2. The van der Waals surface area contributed by atoms with Crippen molar-refractivity contribution in [2.75, 3.05) is 7.05 Å². The molecule has 0 amide bonds. The van der Waals surface area contributed by atoms with Gasteiger partial charge in [0.25, 0.3) is 0 Å². The van der Waals surface area contributed by atoms with Gasteiger partial charge in [-0.1, -0.05) is 0 Å². The second-order valence-corrected chi connectivity index (χ2v) is 1.07. The molecule has 0 rings (SSSR count). The van der Waals surface area contributed by atoms with E-state index in [0.717, 1.165) is 0 Å². The van der Waals surface area contributed by atoms with Crippen molar-refractivity contribution in [2.45, 2.75) is 0 Å². The van der Waals surface area contributed by atoms with Crippen LogP contribution < -0.4 is 56.9 Å². The largest absolute Gasteiger partial charge is 1.00 e. The van der Waals surface area contributed by atoms with Gasteiger partial charge in [0.15, 0.2) is 0 Å². The molecule has 0 bridgehead atoms. The van der Waals surface area contributed by atoms with E-state index in [0.29, 0.717) is 0 Å². The Labute approximate surface area is 88.4 Å². The van der Waals surface area contributed by atoms with Gasteiger partial charge in [0, 0.05) is 7.05 Å². The summed E-state index contributed by atoms with van der Waals surface area (Å²) in [6.45, 7) is 0. The molecule has 0 aliphatic rings. The van der Waals surface area contributed by atoms with E-state index < -0.39 is 11.4 Å². The van der Waals surface area contributed by atoms with Crippen molar-refractivity contribution >= 4 is 11.4 Å². The van der Waals surface area contributed by atoms with Crippen molar-refractivity contribution in [3.63, 3.8) is 0 Å². The molecular weight excluding hydrogens is 145 g/mol. The standard InChI is InChI=1S/CH5NO3S.K.H/c1-2-5-6(3)4;;/h2H,1H3,(H,3,4);;/q;+1;-1/p-1. The van der Waals surface area contributed by atoms with Crippen LogP contribution in [-0.4, -0.2) is 15.8 Å². The van der Waals surface area contributed by atoms with Gasteiger partial charge < -0.3 is 5.98 Å². The molecule has 0 radical (unpaired) electrons. The van der Waals surface area contributed by atoms with E-state index >= 15 is 0 Å². The fraction of sp³-hybridized carbons (Fsp3) is 1.00. The summed E-state index contributed by atoms with van der Waals surface area (Å²) in [5.74, 6) is 0. The summed E-state index contributed by atoms with van der Waals surface area (Å²) in [5.41, 5.74) is 1.95. The van der Waals surface area contributed by atoms with Crippen molar-refractivity contribution in [3.05, 3.63) is 0 Å². The summed E-state index contributed by atoms with van der Waals surface area (Å²) in [5, 5.41) is 0. The quantitative estimate of drug-likeness (QED) is 0.248. The van der Waals surface area contributed by atoms with E-state index in [-0.39, 0.29) is 52.8 Å². The molecule has 1 unspecified atom stereocenters. The first kappa shape index (κ1) is 11.5. The van der Waals surface area contributed by atoms with Crippen LogP contribution in [0.15, 0.2) is 0 Å². The van der Waals surface area contributed by atoms with Crippen LogP contribution >= 0.6 is 0 Å². The molecule has 0 saturated heterocycles. The van der Waals surface area contributed by atoms with Gasteiger partial charge in [-0.25, -0.2) is 8.49 Å². The summed E-state index contributed by atoms with van der Waals surface area (Å²) in [6.07, 6.45) is 0. The maximum atomic E-state index is 9.31. The molecule has 1 N–H and O–H groups in total. The molecule has 1 atom stereocenters. The van der Waals surface area contributed by atoms with Crippen molar-refractivity contribution in [3.8, 4) is 0 Å². The second kappa shape index (κ2) is 7.67. The average molecular weight is 150 g/mol. The zero-order chi connectivity index (χ0) is 4.99. The Morgan fingerprint density at radius 2 is 2.43 bits per heavy atom. The topological polar surface area (TPSA) is 61.4 Å². The van der Waals surface area contributed by atoms with E-state index in [9.17, 15) is 8.76 Å². The predicted octanol–water partition coefficient (Wildman–Crippen LogP) is -3.95. The second-order valence-electron chi connectivity index (χ2n) is 0.492. The van der Waals surface area contributed by atoms with Crippen molar-refractivity contribution in [1.29, 1.82) is 0 Å². The first-order valence-electron chi connectivity index (χ1n) is 1.20. The first-order valence-corrected chi connectivity index (χ1v) is 2.20. The smallest absolute Gasteiger partial charge is 1.00 e. The van der Waals surface area contributed by atoms with Gasteiger partial charge in [-0.2, -0.15) is 5.48 Å². The van der Waals surface area contributed by atoms with Crippen LogP contribution in [0, 0.1) is 0 Å². The molecule has 0 heterocycles. The van der Waals surface area contributed by atoms with E-state index in [1.54, 1.807) is 0 Å². The zero-order valence-corrected chi connectivity index (χ0v) is 8.07. The Balaban J connectivity index is -0.000000125. The minimum Gasteiger partial charge on any atom is -1.00 e. The number of hydrogen-bond acceptors (Lipinski definition) is 4. The average Bonchev–Trinajstić information content (AvgIpc) is 1.35. The summed E-state index contributed by atoms with van der Waals surface area (Å²) in [4.78, 5) is 0. The van der Waals surface area contributed by atoms with Crippen LogP contribution in [-0.2, 0) is 15.6 Å². The van der Waals surface area contributed by atoms with E-state index in [1.807, 2.05) is 5.48 Å². The van der Waals surface area contributed by atoms with Gasteiger partial charge in [-0.3, -0.25) is 0 Å². The molecular formula is CH5KNO3S-. The molecule has 0 spiro atoms. The molecule has 0 saturated carbocycles. The normalized spacial score (nSPS) is 12.3. The maximum absolute atomic E-state index is 9.31. The molecule has 0 fully saturated rings. The molecule has 4 nitrogen and oxygen atoms in total. The predicted molar refractivity (Wildman–Crippen MR) is 20.2 cm³/mol. The van der Waals surface area contributed by atoms with Gasteiger partial charge in [0.1, 0.15) is 11.4 Å². The van der Waals surface area contributed by atoms with E-state index in [1.165, 1.54) is 7.05 Å². The Morgan fingerprint density at radius 1 is 2.00 bits per heavy atom. The van der Waals surface area contributed by atoms with Crippen LogP contribution in [0.1, 0.15) is 1.43 Å². The molecule has 0 aromatic carbocycles. The summed E-state index contributed by atoms with van der Waals surface area (Å²) >= 11 is -2.43. The number of nitrogens with one attached hydrogen (secondary N) is 1. The van der Waals surface area contributed by atoms with E-state index in [2.05, 4.69) is 4.28 Å². The minimum atomic E-state index is -2.43. The maximum Gasteiger partial charge on any atom is 1.00 e. The van der Waals surface area contributed by atoms with Crippen LogP contribution in [0.5, 0.6) is 0 Å². The van der Waals surface area contributed by atoms with Gasteiger partial charge in [-0.15, -0.1) is 0 Å². The van der Waals surface area contributed by atoms with Crippen molar-refractivity contribution < 1.29 is 65.9 Å². The molecule has 0 aromatic heterocycles. The minimum absolute atomic E-state index is 0. The molecule has 7 heavy (non-hydrogen) atoms. The van der Waals surface area contributed by atoms with Crippen LogP contribution in [0.25, 0.3) is 0 Å². The third-order valence-electron chi connectivity index (χ3n) is 0.151. The van der Waals surface area contributed by atoms with Crippen LogP contribution in [0.3, 0.4) is 0 Å². The summed E-state index contributed by atoms with van der Waals surface area (Å²) in [7, 11) is 1.36. The Hall–Kier alpha value is 1.67. The van der Waals surface area contributed by atoms with Crippen molar-refractivity contribution in [2.24, 2.45) is 0 Å². The van der Waals surface area contributed by atoms with E-state index in [4.69, 9.17) is 0 Å². The van der Waals surface area contributed by atoms with Gasteiger partial charge in [-0.05, 0) is 0 Å². The molecule has 0 aliphatic heterocycles. The first-order chi connectivity index (χ1) is 2.77. The third-order valence-corrected chi connectivity index (χ3v) is 0.454. The fourth-order valence-electron chi connectivity index (χ4n) is 0.0680. The van der Waals surface area contributed by atoms with Crippen LogP contribution in [0.2, 0.25) is 0 Å². The summed E-state index contributed by atoms with van der Waals surface area (Å²) < 4.78 is 22.3. The van der Waals surface area contributed by atoms with Gasteiger partial charge in [0.05, 0.1) is 0 Å². The SMILES string of the molecule is CNOS(=O)[O-].[H-].[K+]. The van der Waals surface area contributed by atoms with Crippen LogP contribution in [0.4, 0.5) is 0 Å². The zero-order valence-electron chi connectivity index (χ0n) is 5.13. The van der Waals surface area contributed by atoms with Crippen molar-refractivity contribution in [1.82, 2.24) is 5.48 Å². The van der Waals surface area contributed by atoms with Gasteiger partial charge in [0.2, 0.25) is 0 Å². The Morgan fingerprint density at radius 3 is 2.43 bits per heavy atom. The summed E-state index contributed by atoms with van der Waals surface area (Å²) in [6, 6.07) is 0. The molecule has 0 aliphatic carbocycles.